The largest absolute Gasteiger partial charge is 0.412 e. The van der Waals surface area contributed by atoms with Crippen LogP contribution >= 0.6 is 0 Å². The summed E-state index contributed by atoms with van der Waals surface area (Å²) in [5, 5.41) is 0. The van der Waals surface area contributed by atoms with Gasteiger partial charge in [-0.05, 0) is 11.8 Å². The minimum Gasteiger partial charge on any atom is -0.412 e. The molecule has 2 fully saturated rings. The van der Waals surface area contributed by atoms with Gasteiger partial charge in [0.15, 0.2) is 0 Å². The van der Waals surface area contributed by atoms with E-state index in [9.17, 15) is 0 Å². The third-order valence-electron chi connectivity index (χ3n) is 3.72. The summed E-state index contributed by atoms with van der Waals surface area (Å²) in [6.45, 7) is 0. The lowest BCUT2D eigenvalue weighted by Gasteiger charge is -2.29. The smallest absolute Gasteiger partial charge is 0.0386 e. The summed E-state index contributed by atoms with van der Waals surface area (Å²) in [4.78, 5) is 0. The van der Waals surface area contributed by atoms with Gasteiger partial charge >= 0.3 is 0 Å². The molecule has 2 aliphatic rings. The van der Waals surface area contributed by atoms with Crippen molar-refractivity contribution >= 4 is 0 Å². The summed E-state index contributed by atoms with van der Waals surface area (Å²) in [6.07, 6.45) is 13.9. The van der Waals surface area contributed by atoms with Crippen LogP contribution < -0.4 is 0 Å². The maximum Gasteiger partial charge on any atom is -0.0386 e. The number of rotatable bonds is 0. The van der Waals surface area contributed by atoms with Crippen LogP contribution in [0.1, 0.15) is 57.8 Å². The fourth-order valence-electron chi connectivity index (χ4n) is 3.03. The van der Waals surface area contributed by atoms with E-state index in [0.29, 0.717) is 0 Å². The van der Waals surface area contributed by atoms with Crippen molar-refractivity contribution in [3.8, 4) is 0 Å². The molecule has 0 spiro atoms. The van der Waals surface area contributed by atoms with Crippen LogP contribution in [0.3, 0.4) is 0 Å². The van der Waals surface area contributed by atoms with Gasteiger partial charge in [-0.1, -0.05) is 57.8 Å². The van der Waals surface area contributed by atoms with Gasteiger partial charge in [-0.25, -0.2) is 0 Å². The number of hydrogen-bond acceptors (Lipinski definition) is 0. The molecule has 2 heteroatoms. The normalized spacial score (nSPS) is 33.2. The van der Waals surface area contributed by atoms with Gasteiger partial charge in [0.05, 0.1) is 0 Å². The first-order chi connectivity index (χ1) is 5.47. The second-order valence-electron chi connectivity index (χ2n) is 4.44. The lowest BCUT2D eigenvalue weighted by atomic mass is 9.77. The van der Waals surface area contributed by atoms with E-state index in [1.807, 2.05) is 0 Å². The van der Waals surface area contributed by atoms with Crippen molar-refractivity contribution in [3.05, 3.63) is 0 Å². The zero-order valence-corrected chi connectivity index (χ0v) is 8.52. The molecule has 2 aliphatic carbocycles. The van der Waals surface area contributed by atoms with E-state index in [0.717, 1.165) is 11.8 Å². The minimum absolute atomic E-state index is 0. The molecule has 0 amide bonds. The van der Waals surface area contributed by atoms with Crippen LogP contribution in [0.2, 0.25) is 0 Å². The first-order valence-corrected chi connectivity index (χ1v) is 5.47. The maximum absolute atomic E-state index is 1.56. The van der Waals surface area contributed by atoms with Crippen molar-refractivity contribution in [3.63, 3.8) is 0 Å². The van der Waals surface area contributed by atoms with Crippen LogP contribution in [-0.2, 0) is 0 Å². The van der Waals surface area contributed by atoms with Crippen LogP contribution in [0.15, 0.2) is 0 Å². The van der Waals surface area contributed by atoms with Crippen LogP contribution in [0.25, 0.3) is 0 Å². The minimum atomic E-state index is 0. The van der Waals surface area contributed by atoms with Crippen molar-refractivity contribution in [2.24, 2.45) is 11.8 Å². The van der Waals surface area contributed by atoms with E-state index in [1.54, 1.807) is 25.7 Å². The highest BCUT2D eigenvalue weighted by Gasteiger charge is 2.25. The first kappa shape index (κ1) is 12.9. The van der Waals surface area contributed by atoms with Crippen molar-refractivity contribution < 1.29 is 11.0 Å². The Labute approximate surface area is 81.3 Å². The summed E-state index contributed by atoms with van der Waals surface area (Å²) in [7, 11) is 0. The highest BCUT2D eigenvalue weighted by atomic mass is 16.0. The van der Waals surface area contributed by atoms with Gasteiger partial charge in [0.2, 0.25) is 0 Å². The maximum atomic E-state index is 1.56. The Balaban J connectivity index is 0.000000720. The van der Waals surface area contributed by atoms with E-state index >= 15 is 0 Å². The van der Waals surface area contributed by atoms with Crippen molar-refractivity contribution in [2.45, 2.75) is 57.8 Å². The van der Waals surface area contributed by atoms with Gasteiger partial charge in [0.1, 0.15) is 0 Å². The van der Waals surface area contributed by atoms with E-state index in [4.69, 9.17) is 0 Å². The summed E-state index contributed by atoms with van der Waals surface area (Å²) in [6, 6.07) is 0. The summed E-state index contributed by atoms with van der Waals surface area (Å²) >= 11 is 0. The second-order valence-corrected chi connectivity index (χ2v) is 4.44. The van der Waals surface area contributed by atoms with Crippen molar-refractivity contribution in [1.82, 2.24) is 0 Å². The molecule has 13 heavy (non-hydrogen) atoms. The summed E-state index contributed by atoms with van der Waals surface area (Å²) in [5.41, 5.74) is 0. The van der Waals surface area contributed by atoms with E-state index in [2.05, 4.69) is 0 Å². The highest BCUT2D eigenvalue weighted by molar-refractivity contribution is 4.77. The van der Waals surface area contributed by atoms with Crippen LogP contribution in [0.5, 0.6) is 0 Å². The van der Waals surface area contributed by atoms with E-state index in [-0.39, 0.29) is 11.0 Å². The van der Waals surface area contributed by atoms with Crippen molar-refractivity contribution in [2.75, 3.05) is 0 Å². The lowest BCUT2D eigenvalue weighted by Crippen LogP contribution is -2.17. The molecular weight excluding hydrogens is 164 g/mol. The van der Waals surface area contributed by atoms with E-state index < -0.39 is 0 Å². The average Bonchev–Trinajstić information content (AvgIpc) is 2.28. The Morgan fingerprint density at radius 3 is 1.15 bits per heavy atom. The Morgan fingerprint density at radius 2 is 0.769 bits per heavy atom. The number of fused-ring (bicyclic) bond motifs is 1. The van der Waals surface area contributed by atoms with Gasteiger partial charge in [0, 0.05) is 0 Å². The predicted octanol–water partition coefficient (Wildman–Crippen LogP) is 2.11. The molecule has 0 aromatic heterocycles. The zero-order chi connectivity index (χ0) is 7.52. The molecule has 80 valence electrons. The van der Waals surface area contributed by atoms with Gasteiger partial charge in [0.25, 0.3) is 0 Å². The average molecular weight is 188 g/mol. The Morgan fingerprint density at radius 1 is 0.462 bits per heavy atom. The zero-order valence-electron chi connectivity index (χ0n) is 8.52. The molecule has 2 saturated carbocycles. The molecule has 0 saturated heterocycles. The van der Waals surface area contributed by atoms with Gasteiger partial charge < -0.3 is 11.0 Å². The number of hydrogen-bond donors (Lipinski definition) is 0. The summed E-state index contributed by atoms with van der Waals surface area (Å²) < 4.78 is 0. The van der Waals surface area contributed by atoms with Crippen LogP contribution in [-0.4, -0.2) is 11.0 Å². The third kappa shape index (κ3) is 3.28. The Bertz CT molecular complexity index is 111. The van der Waals surface area contributed by atoms with Gasteiger partial charge in [-0.2, -0.15) is 0 Å². The SMILES string of the molecule is C1CCC2CCCC[C@H]2CC1.O.O. The topological polar surface area (TPSA) is 63.0 Å². The fourth-order valence-corrected chi connectivity index (χ4v) is 3.03. The fraction of sp³-hybridized carbons (Fsp3) is 1.00. The molecule has 0 radical (unpaired) electrons. The molecular formula is C11H24O2. The molecule has 1 unspecified atom stereocenters. The Kier molecular flexibility index (Phi) is 6.35. The van der Waals surface area contributed by atoms with Gasteiger partial charge in [-0.3, -0.25) is 0 Å². The molecule has 2 rings (SSSR count). The Hall–Kier alpha value is -0.0800. The highest BCUT2D eigenvalue weighted by Crippen LogP contribution is 2.38. The third-order valence-corrected chi connectivity index (χ3v) is 3.72. The quantitative estimate of drug-likeness (QED) is 0.559. The van der Waals surface area contributed by atoms with Crippen molar-refractivity contribution in [1.29, 1.82) is 0 Å². The molecule has 0 heterocycles. The molecule has 0 aromatic rings. The molecule has 2 nitrogen and oxygen atoms in total. The van der Waals surface area contributed by atoms with E-state index in [1.165, 1.54) is 32.1 Å². The standard InChI is InChI=1S/C11H20.2H2O/c1-2-6-10-8-4-5-9-11(10)7-3-1;;/h10-11H,1-9H2;2*1H2/t10-,11?;;/m1../s1. The lowest BCUT2D eigenvalue weighted by molar-refractivity contribution is 0.224. The molecule has 0 bridgehead atoms. The molecule has 0 aliphatic heterocycles. The molecule has 2 atom stereocenters. The van der Waals surface area contributed by atoms with Crippen LogP contribution in [0, 0.1) is 11.8 Å². The second kappa shape index (κ2) is 6.39. The summed E-state index contributed by atoms with van der Waals surface area (Å²) in [5.74, 6) is 2.29. The molecule has 4 N–H and O–H groups in total. The predicted molar refractivity (Wildman–Crippen MR) is 55.8 cm³/mol. The molecule has 0 aromatic carbocycles. The van der Waals surface area contributed by atoms with Gasteiger partial charge in [-0.15, -0.1) is 0 Å². The van der Waals surface area contributed by atoms with Crippen LogP contribution in [0.4, 0.5) is 0 Å². The first-order valence-electron chi connectivity index (χ1n) is 5.47. The monoisotopic (exact) mass is 188 g/mol.